The summed E-state index contributed by atoms with van der Waals surface area (Å²) in [5.41, 5.74) is 7.02. The maximum absolute atomic E-state index is 13.9. The fourth-order valence-corrected chi connectivity index (χ4v) is 9.28. The second-order valence-electron chi connectivity index (χ2n) is 13.4. The molecule has 2 heterocycles. The first-order valence-electron chi connectivity index (χ1n) is 18.6. The Bertz CT molecular complexity index is 1270. The number of nitrogen functional groups attached to an aromatic ring is 1. The Morgan fingerprint density at radius 3 is 2.06 bits per heavy atom. The molecule has 2 rings (SSSR count). The van der Waals surface area contributed by atoms with Gasteiger partial charge in [-0.2, -0.15) is 0 Å². The first-order chi connectivity index (χ1) is 23.5. The number of fused-ring (bicyclic) bond motifs is 1. The quantitative estimate of drug-likeness (QED) is 0.0453. The van der Waals surface area contributed by atoms with Gasteiger partial charge in [0.25, 0.3) is 7.52 Å². The van der Waals surface area contributed by atoms with E-state index in [9.17, 15) is 9.36 Å². The van der Waals surface area contributed by atoms with E-state index >= 15 is 0 Å². The largest absolute Gasteiger partial charge is 0.462 e. The number of nitrogens with one attached hydrogen (secondary N) is 1. The molecule has 0 bridgehead atoms. The average molecular weight is 745 g/mol. The molecule has 0 saturated carbocycles. The highest BCUT2D eigenvalue weighted by molar-refractivity contribution is 8.28. The molecule has 0 aliphatic heterocycles. The molecule has 0 spiro atoms. The van der Waals surface area contributed by atoms with Gasteiger partial charge in [-0.1, -0.05) is 102 Å². The lowest BCUT2D eigenvalue weighted by atomic mass is 10.0. The summed E-state index contributed by atoms with van der Waals surface area (Å²) in [6.07, 6.45) is 22.8. The van der Waals surface area contributed by atoms with Crippen LogP contribution in [0.3, 0.4) is 0 Å². The molecule has 0 aliphatic carbocycles. The number of rotatable bonds is 30. The third-order valence-corrected chi connectivity index (χ3v) is 12.7. The SMILES string of the molecule is CCCCCCCCCCCCCCCCS(=S)CCCCO[P@](=O)(CO[C@H](C)Cn1cnc2c(N)ncnc21)N[C@@H](C)C(=O)OC(C)C. The third-order valence-electron chi connectivity index (χ3n) is 8.30. The Hall–Kier alpha value is -1.50. The van der Waals surface area contributed by atoms with Gasteiger partial charge in [0.05, 0.1) is 31.7 Å². The maximum Gasteiger partial charge on any atom is 0.323 e. The van der Waals surface area contributed by atoms with Gasteiger partial charge in [-0.25, -0.2) is 20.0 Å². The molecular weight excluding hydrogens is 680 g/mol. The van der Waals surface area contributed by atoms with E-state index in [-0.39, 0.29) is 34.6 Å². The van der Waals surface area contributed by atoms with Gasteiger partial charge in [0.2, 0.25) is 0 Å². The van der Waals surface area contributed by atoms with Gasteiger partial charge >= 0.3 is 5.97 Å². The molecule has 0 aliphatic rings. The van der Waals surface area contributed by atoms with Gasteiger partial charge in [-0.05, 0) is 58.5 Å². The molecule has 49 heavy (non-hydrogen) atoms. The first kappa shape index (κ1) is 43.7. The predicted octanol–water partition coefficient (Wildman–Crippen LogP) is 8.25. The molecule has 0 aromatic carbocycles. The van der Waals surface area contributed by atoms with Gasteiger partial charge in [-0.15, -0.1) is 9.45 Å². The third kappa shape index (κ3) is 19.1. The van der Waals surface area contributed by atoms with Crippen molar-refractivity contribution >= 4 is 51.1 Å². The smallest absolute Gasteiger partial charge is 0.323 e. The minimum atomic E-state index is -3.55. The lowest BCUT2D eigenvalue weighted by molar-refractivity contribution is -0.149. The lowest BCUT2D eigenvalue weighted by Crippen LogP contribution is -2.36. The van der Waals surface area contributed by atoms with Crippen LogP contribution in [0.25, 0.3) is 11.2 Å². The number of carbonyl (C=O) groups is 1. The maximum atomic E-state index is 13.9. The van der Waals surface area contributed by atoms with Gasteiger partial charge < -0.3 is 24.3 Å². The van der Waals surface area contributed by atoms with Gasteiger partial charge in [0.15, 0.2) is 11.5 Å². The summed E-state index contributed by atoms with van der Waals surface area (Å²) in [6.45, 7) is 9.98. The van der Waals surface area contributed by atoms with Crippen molar-refractivity contribution in [3.63, 3.8) is 0 Å². The molecule has 2 aromatic heterocycles. The molecular formula is C35H65N6O5PS2. The van der Waals surface area contributed by atoms with Crippen molar-refractivity contribution in [1.82, 2.24) is 24.6 Å². The lowest BCUT2D eigenvalue weighted by Gasteiger charge is -2.25. The zero-order chi connectivity index (χ0) is 35.9. The van der Waals surface area contributed by atoms with Crippen LogP contribution < -0.4 is 10.8 Å². The Balaban J connectivity index is 1.66. The van der Waals surface area contributed by atoms with Crippen LogP contribution in [0.4, 0.5) is 5.82 Å². The van der Waals surface area contributed by atoms with Crippen LogP contribution in [-0.2, 0) is 50.5 Å². The van der Waals surface area contributed by atoms with E-state index in [1.54, 1.807) is 27.1 Å². The number of esters is 1. The Morgan fingerprint density at radius 1 is 0.898 bits per heavy atom. The van der Waals surface area contributed by atoms with Crippen LogP contribution in [0.2, 0.25) is 0 Å². The number of imidazole rings is 1. The number of hydrogen-bond acceptors (Lipinski definition) is 10. The van der Waals surface area contributed by atoms with E-state index < -0.39 is 19.5 Å². The molecule has 2 aromatic rings. The number of aromatic nitrogens is 4. The molecule has 0 fully saturated rings. The van der Waals surface area contributed by atoms with E-state index in [1.165, 1.54) is 96.2 Å². The average Bonchev–Trinajstić information content (AvgIpc) is 3.47. The van der Waals surface area contributed by atoms with E-state index in [1.807, 2.05) is 11.5 Å². The Kier molecular flexibility index (Phi) is 22.7. The monoisotopic (exact) mass is 744 g/mol. The summed E-state index contributed by atoms with van der Waals surface area (Å²) >= 11 is 5.75. The van der Waals surface area contributed by atoms with Crippen LogP contribution in [0.1, 0.15) is 137 Å². The number of hydrogen-bond donors (Lipinski definition) is 2. The summed E-state index contributed by atoms with van der Waals surface area (Å²) in [6, 6.07) is -0.826. The molecule has 4 atom stereocenters. The minimum absolute atomic E-state index is 0.0364. The van der Waals surface area contributed by atoms with Crippen molar-refractivity contribution in [3.05, 3.63) is 12.7 Å². The molecule has 14 heteroatoms. The normalized spacial score (nSPS) is 15.0. The number of carbonyl (C=O) groups excluding carboxylic acids is 1. The summed E-state index contributed by atoms with van der Waals surface area (Å²) in [4.78, 5) is 25.0. The van der Waals surface area contributed by atoms with Crippen molar-refractivity contribution < 1.29 is 23.4 Å². The van der Waals surface area contributed by atoms with Crippen LogP contribution in [-0.4, -0.2) is 68.2 Å². The second kappa shape index (κ2) is 25.5. The van der Waals surface area contributed by atoms with Crippen molar-refractivity contribution in [3.8, 4) is 0 Å². The van der Waals surface area contributed by atoms with E-state index in [4.69, 9.17) is 30.9 Å². The molecule has 0 saturated heterocycles. The molecule has 282 valence electrons. The summed E-state index contributed by atoms with van der Waals surface area (Å²) in [7, 11) is -3.59. The fraction of sp³-hybridized carbons (Fsp3) is 0.829. The van der Waals surface area contributed by atoms with Crippen molar-refractivity contribution in [2.75, 3.05) is 30.2 Å². The number of nitrogens with zero attached hydrogens (tertiary/aromatic N) is 4. The van der Waals surface area contributed by atoms with E-state index in [0.29, 0.717) is 23.5 Å². The van der Waals surface area contributed by atoms with Crippen LogP contribution >= 0.6 is 7.52 Å². The van der Waals surface area contributed by atoms with Gasteiger partial charge in [0, 0.05) is 0 Å². The fourth-order valence-electron chi connectivity index (χ4n) is 5.52. The Morgan fingerprint density at radius 2 is 1.47 bits per heavy atom. The zero-order valence-electron chi connectivity index (χ0n) is 30.9. The van der Waals surface area contributed by atoms with E-state index in [2.05, 4.69) is 27.0 Å². The summed E-state index contributed by atoms with van der Waals surface area (Å²) in [5, 5.41) is 2.88. The van der Waals surface area contributed by atoms with Crippen molar-refractivity contribution in [1.29, 1.82) is 0 Å². The predicted molar refractivity (Wildman–Crippen MR) is 207 cm³/mol. The first-order valence-corrected chi connectivity index (χ1v) is 22.9. The van der Waals surface area contributed by atoms with Gasteiger partial charge in [-0.3, -0.25) is 9.36 Å². The summed E-state index contributed by atoms with van der Waals surface area (Å²) in [5.74, 6) is 1.87. The zero-order valence-corrected chi connectivity index (χ0v) is 33.4. The van der Waals surface area contributed by atoms with Crippen LogP contribution in [0.5, 0.6) is 0 Å². The van der Waals surface area contributed by atoms with Crippen LogP contribution in [0.15, 0.2) is 12.7 Å². The molecule has 0 amide bonds. The number of unbranched alkanes of at least 4 members (excludes halogenated alkanes) is 14. The van der Waals surface area contributed by atoms with Crippen molar-refractivity contribution in [2.45, 2.75) is 162 Å². The summed E-state index contributed by atoms with van der Waals surface area (Å²) < 4.78 is 32.9. The Labute approximate surface area is 303 Å². The highest BCUT2D eigenvalue weighted by Gasteiger charge is 2.30. The van der Waals surface area contributed by atoms with E-state index in [0.717, 1.165) is 24.3 Å². The molecule has 1 unspecified atom stereocenters. The highest BCUT2D eigenvalue weighted by Crippen LogP contribution is 2.43. The van der Waals surface area contributed by atoms with Crippen molar-refractivity contribution in [2.24, 2.45) is 0 Å². The standard InChI is InChI=1S/C35H65N6O5PS2/c1-6-7-8-9-10-11-12-13-14-15-16-17-18-20-23-49(48)24-21-19-22-45-47(43,40-31(5)35(42)46-29(2)3)28-44-30(4)25-41-27-39-32-33(36)37-26-38-34(32)41/h26-27,29-31H,6-25,28H2,1-5H3,(H,40,43)(H2,36,37,38)/t30-,31+,47-,49?/m1/s1. The topological polar surface area (TPSA) is 143 Å². The van der Waals surface area contributed by atoms with Gasteiger partial charge in [0.1, 0.15) is 24.2 Å². The van der Waals surface area contributed by atoms with Crippen LogP contribution in [0, 0.1) is 0 Å². The number of anilines is 1. The highest BCUT2D eigenvalue weighted by atomic mass is 32.8. The minimum Gasteiger partial charge on any atom is -0.462 e. The number of ether oxygens (including phenoxy) is 2. The number of nitrogens with two attached hydrogens (primary N) is 1. The second-order valence-corrected chi connectivity index (χ2v) is 18.7. The molecule has 11 nitrogen and oxygen atoms in total. The molecule has 3 N–H and O–H groups in total. The molecule has 0 radical (unpaired) electrons.